The molecule has 0 spiro atoms. The first kappa shape index (κ1) is 13.7. The van der Waals surface area contributed by atoms with Crippen LogP contribution in [0.15, 0.2) is 24.3 Å². The van der Waals surface area contributed by atoms with E-state index in [-0.39, 0.29) is 5.91 Å². The van der Waals surface area contributed by atoms with Crippen LogP contribution >= 0.6 is 0 Å². The lowest BCUT2D eigenvalue weighted by Crippen LogP contribution is -2.64. The fourth-order valence-electron chi connectivity index (χ4n) is 3.32. The van der Waals surface area contributed by atoms with Crippen LogP contribution in [0.5, 0.6) is 0 Å². The fourth-order valence-corrected chi connectivity index (χ4v) is 3.32. The first-order valence-corrected chi connectivity index (χ1v) is 7.87. The lowest BCUT2D eigenvalue weighted by atomic mass is 10.0. The highest BCUT2D eigenvalue weighted by Crippen LogP contribution is 2.22. The number of carbonyl (C=O) groups is 1. The Labute approximate surface area is 129 Å². The van der Waals surface area contributed by atoms with Gasteiger partial charge in [0.25, 0.3) is 5.91 Å². The summed E-state index contributed by atoms with van der Waals surface area (Å²) in [6.07, 6.45) is 0. The largest absolute Gasteiger partial charge is 0.334 e. The van der Waals surface area contributed by atoms with Crippen molar-refractivity contribution in [3.05, 3.63) is 30.0 Å². The molecule has 2 aliphatic heterocycles. The van der Waals surface area contributed by atoms with E-state index in [2.05, 4.69) is 27.0 Å². The number of hydrogen-bond donors (Lipinski definition) is 1. The van der Waals surface area contributed by atoms with E-state index < -0.39 is 0 Å². The highest BCUT2D eigenvalue weighted by Gasteiger charge is 2.37. The molecule has 2 aromatic rings. The van der Waals surface area contributed by atoms with Gasteiger partial charge in [0.15, 0.2) is 5.69 Å². The number of likely N-dealkylation sites (tertiary alicyclic amines) is 1. The second kappa shape index (κ2) is 5.37. The molecule has 1 aromatic heterocycles. The Kier molecular flexibility index (Phi) is 3.35. The standard InChI is InChI=1S/C16H21N5O/c1-19-6-8-20(9-7-19)12-10-21(11-12)16(22)15-13-4-2-3-5-14(13)17-18-15/h2-5,12H,6-11H2,1H3,(H,17,18). The number of benzene rings is 1. The topological polar surface area (TPSA) is 55.5 Å². The molecule has 6 nitrogen and oxygen atoms in total. The zero-order valence-corrected chi connectivity index (χ0v) is 12.8. The number of fused-ring (bicyclic) bond motifs is 1. The number of rotatable bonds is 2. The van der Waals surface area contributed by atoms with E-state index >= 15 is 0 Å². The molecule has 4 rings (SSSR count). The predicted molar refractivity (Wildman–Crippen MR) is 84.9 cm³/mol. The minimum absolute atomic E-state index is 0.0443. The molecule has 0 bridgehead atoms. The highest BCUT2D eigenvalue weighted by atomic mass is 16.2. The summed E-state index contributed by atoms with van der Waals surface area (Å²) in [5, 5.41) is 8.06. The average Bonchev–Trinajstić information content (AvgIpc) is 2.91. The number of para-hydroxylation sites is 1. The van der Waals surface area contributed by atoms with Crippen LogP contribution < -0.4 is 0 Å². The average molecular weight is 299 g/mol. The third-order valence-corrected chi connectivity index (χ3v) is 4.88. The van der Waals surface area contributed by atoms with Crippen molar-refractivity contribution >= 4 is 16.8 Å². The Balaban J connectivity index is 1.41. The van der Waals surface area contributed by atoms with Gasteiger partial charge in [-0.05, 0) is 13.1 Å². The van der Waals surface area contributed by atoms with E-state index in [1.807, 2.05) is 29.2 Å². The lowest BCUT2D eigenvalue weighted by Gasteiger charge is -2.47. The van der Waals surface area contributed by atoms with Gasteiger partial charge >= 0.3 is 0 Å². The molecular weight excluding hydrogens is 278 g/mol. The Morgan fingerprint density at radius 2 is 1.91 bits per heavy atom. The van der Waals surface area contributed by atoms with Gasteiger partial charge < -0.3 is 9.80 Å². The lowest BCUT2D eigenvalue weighted by molar-refractivity contribution is 0.0108. The fraction of sp³-hybridized carbons (Fsp3) is 0.500. The maximum Gasteiger partial charge on any atom is 0.275 e. The van der Waals surface area contributed by atoms with Crippen molar-refractivity contribution in [1.29, 1.82) is 0 Å². The summed E-state index contributed by atoms with van der Waals surface area (Å²) in [7, 11) is 2.16. The molecule has 0 atom stereocenters. The van der Waals surface area contributed by atoms with Crippen molar-refractivity contribution in [3.63, 3.8) is 0 Å². The Bertz CT molecular complexity index is 683. The molecular formula is C16H21N5O. The number of likely N-dealkylation sites (N-methyl/N-ethyl adjacent to an activating group) is 1. The van der Waals surface area contributed by atoms with Crippen LogP contribution in [-0.4, -0.2) is 83.2 Å². The van der Waals surface area contributed by atoms with Crippen LogP contribution in [0, 0.1) is 0 Å². The smallest absolute Gasteiger partial charge is 0.275 e. The molecule has 1 N–H and O–H groups in total. The maximum absolute atomic E-state index is 12.6. The van der Waals surface area contributed by atoms with Gasteiger partial charge in [-0.1, -0.05) is 18.2 Å². The van der Waals surface area contributed by atoms with Crippen LogP contribution in [0.3, 0.4) is 0 Å². The van der Waals surface area contributed by atoms with Gasteiger partial charge in [-0.25, -0.2) is 0 Å². The van der Waals surface area contributed by atoms with Gasteiger partial charge in [0, 0.05) is 50.7 Å². The van der Waals surface area contributed by atoms with Crippen LogP contribution in [0.1, 0.15) is 10.5 Å². The van der Waals surface area contributed by atoms with Crippen LogP contribution in [0.4, 0.5) is 0 Å². The molecule has 2 fully saturated rings. The van der Waals surface area contributed by atoms with Gasteiger partial charge in [0.2, 0.25) is 0 Å². The van der Waals surface area contributed by atoms with Crippen molar-refractivity contribution in [1.82, 2.24) is 24.9 Å². The van der Waals surface area contributed by atoms with Gasteiger partial charge in [0.05, 0.1) is 5.52 Å². The number of H-pyrrole nitrogens is 1. The van der Waals surface area contributed by atoms with Crippen LogP contribution in [-0.2, 0) is 0 Å². The van der Waals surface area contributed by atoms with E-state index in [4.69, 9.17) is 0 Å². The summed E-state index contributed by atoms with van der Waals surface area (Å²) in [5.41, 5.74) is 1.47. The zero-order chi connectivity index (χ0) is 15.1. The van der Waals surface area contributed by atoms with E-state index in [9.17, 15) is 4.79 Å². The van der Waals surface area contributed by atoms with Crippen molar-refractivity contribution in [3.8, 4) is 0 Å². The highest BCUT2D eigenvalue weighted by molar-refractivity contribution is 6.04. The molecule has 2 aliphatic rings. The number of aromatic nitrogens is 2. The SMILES string of the molecule is CN1CCN(C2CN(C(=O)c3n[nH]c4ccccc34)C2)CC1. The summed E-state index contributed by atoms with van der Waals surface area (Å²) >= 11 is 0. The second-order valence-electron chi connectivity index (χ2n) is 6.32. The second-order valence-corrected chi connectivity index (χ2v) is 6.32. The Hall–Kier alpha value is -1.92. The summed E-state index contributed by atoms with van der Waals surface area (Å²) in [5.74, 6) is 0.0443. The summed E-state index contributed by atoms with van der Waals surface area (Å²) < 4.78 is 0. The monoisotopic (exact) mass is 299 g/mol. The molecule has 2 saturated heterocycles. The number of hydrogen-bond acceptors (Lipinski definition) is 4. The first-order chi connectivity index (χ1) is 10.7. The molecule has 3 heterocycles. The Morgan fingerprint density at radius 3 is 2.68 bits per heavy atom. The minimum atomic E-state index is 0.0443. The molecule has 1 aromatic carbocycles. The number of piperazine rings is 1. The number of carbonyl (C=O) groups excluding carboxylic acids is 1. The number of aromatic amines is 1. The van der Waals surface area contributed by atoms with Gasteiger partial charge in [-0.15, -0.1) is 0 Å². The molecule has 0 unspecified atom stereocenters. The Morgan fingerprint density at radius 1 is 1.18 bits per heavy atom. The summed E-state index contributed by atoms with van der Waals surface area (Å²) in [6.45, 7) is 6.10. The third kappa shape index (κ3) is 2.28. The van der Waals surface area contributed by atoms with Crippen molar-refractivity contribution < 1.29 is 4.79 Å². The van der Waals surface area contributed by atoms with Gasteiger partial charge in [-0.2, -0.15) is 5.10 Å². The zero-order valence-electron chi connectivity index (χ0n) is 12.8. The molecule has 22 heavy (non-hydrogen) atoms. The van der Waals surface area contributed by atoms with Crippen LogP contribution in [0.2, 0.25) is 0 Å². The normalized spacial score (nSPS) is 21.2. The molecule has 0 aliphatic carbocycles. The van der Waals surface area contributed by atoms with Crippen molar-refractivity contribution in [2.24, 2.45) is 0 Å². The maximum atomic E-state index is 12.6. The predicted octanol–water partition coefficient (Wildman–Crippen LogP) is 0.635. The molecule has 6 heteroatoms. The number of amides is 1. The quantitative estimate of drug-likeness (QED) is 0.884. The molecule has 0 radical (unpaired) electrons. The van der Waals surface area contributed by atoms with Gasteiger partial charge in [0.1, 0.15) is 0 Å². The van der Waals surface area contributed by atoms with E-state index in [0.717, 1.165) is 50.2 Å². The number of nitrogens with one attached hydrogen (secondary N) is 1. The van der Waals surface area contributed by atoms with Gasteiger partial charge in [-0.3, -0.25) is 14.8 Å². The van der Waals surface area contributed by atoms with E-state index in [1.165, 1.54) is 0 Å². The van der Waals surface area contributed by atoms with E-state index in [0.29, 0.717) is 11.7 Å². The minimum Gasteiger partial charge on any atom is -0.334 e. The van der Waals surface area contributed by atoms with Crippen LogP contribution in [0.25, 0.3) is 10.9 Å². The molecule has 0 saturated carbocycles. The van der Waals surface area contributed by atoms with Crippen molar-refractivity contribution in [2.45, 2.75) is 6.04 Å². The van der Waals surface area contributed by atoms with E-state index in [1.54, 1.807) is 0 Å². The third-order valence-electron chi connectivity index (χ3n) is 4.88. The molecule has 1 amide bonds. The molecule has 116 valence electrons. The number of nitrogens with zero attached hydrogens (tertiary/aromatic N) is 4. The summed E-state index contributed by atoms with van der Waals surface area (Å²) in [6, 6.07) is 8.30. The first-order valence-electron chi connectivity index (χ1n) is 7.87. The van der Waals surface area contributed by atoms with Crippen molar-refractivity contribution in [2.75, 3.05) is 46.3 Å². The summed E-state index contributed by atoms with van der Waals surface area (Å²) in [4.78, 5) is 19.4.